The van der Waals surface area contributed by atoms with Crippen molar-refractivity contribution < 1.29 is 9.26 Å². The van der Waals surface area contributed by atoms with Crippen LogP contribution in [-0.4, -0.2) is 23.3 Å². The number of hydrogen-bond acceptors (Lipinski definition) is 5. The Morgan fingerprint density at radius 3 is 2.88 bits per heavy atom. The van der Waals surface area contributed by atoms with E-state index in [2.05, 4.69) is 10.1 Å². The summed E-state index contributed by atoms with van der Waals surface area (Å²) in [5.41, 5.74) is 5.81. The van der Waals surface area contributed by atoms with Crippen molar-refractivity contribution in [2.24, 2.45) is 11.7 Å². The van der Waals surface area contributed by atoms with Crippen LogP contribution in [-0.2, 0) is 4.74 Å². The van der Waals surface area contributed by atoms with E-state index < -0.39 is 0 Å². The Labute approximate surface area is 100 Å². The summed E-state index contributed by atoms with van der Waals surface area (Å²) in [5.74, 6) is 2.07. The minimum Gasteiger partial charge on any atom is -0.373 e. The van der Waals surface area contributed by atoms with Crippen LogP contribution >= 0.6 is 0 Å². The predicted molar refractivity (Wildman–Crippen MR) is 61.2 cm³/mol. The lowest BCUT2D eigenvalue weighted by atomic mass is 10.1. The first kappa shape index (κ1) is 10.9. The average Bonchev–Trinajstić information content (AvgIpc) is 2.87. The summed E-state index contributed by atoms with van der Waals surface area (Å²) in [4.78, 5) is 4.45. The molecule has 2 N–H and O–H groups in total. The van der Waals surface area contributed by atoms with E-state index in [0.717, 1.165) is 6.42 Å². The topological polar surface area (TPSA) is 74.2 Å². The fraction of sp³-hybridized carbons (Fsp3) is 0.667. The largest absolute Gasteiger partial charge is 0.373 e. The summed E-state index contributed by atoms with van der Waals surface area (Å²) in [5, 5.41) is 4.03. The maximum atomic E-state index is 5.81. The fourth-order valence-corrected chi connectivity index (χ4v) is 2.33. The highest BCUT2D eigenvalue weighted by Gasteiger charge is 2.36. The van der Waals surface area contributed by atoms with Gasteiger partial charge in [0.25, 0.3) is 0 Å². The van der Waals surface area contributed by atoms with E-state index in [1.54, 1.807) is 7.11 Å². The molecule has 5 heteroatoms. The maximum Gasteiger partial charge on any atom is 0.233 e. The van der Waals surface area contributed by atoms with Gasteiger partial charge in [0.2, 0.25) is 11.7 Å². The van der Waals surface area contributed by atoms with Gasteiger partial charge in [-0.2, -0.15) is 4.98 Å². The van der Waals surface area contributed by atoms with E-state index in [9.17, 15) is 0 Å². The Bertz CT molecular complexity index is 425. The lowest BCUT2D eigenvalue weighted by Crippen LogP contribution is -2.14. The fourth-order valence-electron chi connectivity index (χ4n) is 2.33. The van der Waals surface area contributed by atoms with Crippen LogP contribution in [0.15, 0.2) is 16.7 Å². The highest BCUT2D eigenvalue weighted by Crippen LogP contribution is 2.42. The molecule has 1 aromatic heterocycles. The zero-order valence-corrected chi connectivity index (χ0v) is 9.87. The molecule has 0 saturated heterocycles. The molecular weight excluding hydrogens is 218 g/mol. The van der Waals surface area contributed by atoms with Crippen molar-refractivity contribution in [2.45, 2.75) is 37.3 Å². The zero-order valence-electron chi connectivity index (χ0n) is 9.87. The van der Waals surface area contributed by atoms with Gasteiger partial charge in [0.1, 0.15) is 6.10 Å². The quantitative estimate of drug-likeness (QED) is 0.801. The van der Waals surface area contributed by atoms with Gasteiger partial charge in [-0.1, -0.05) is 17.3 Å². The Morgan fingerprint density at radius 1 is 1.47 bits per heavy atom. The summed E-state index contributed by atoms with van der Waals surface area (Å²) >= 11 is 0. The van der Waals surface area contributed by atoms with Crippen LogP contribution in [0.1, 0.15) is 43.0 Å². The van der Waals surface area contributed by atoms with Crippen LogP contribution in [0.2, 0.25) is 0 Å². The lowest BCUT2D eigenvalue weighted by Gasteiger charge is -2.08. The van der Waals surface area contributed by atoms with E-state index in [1.165, 1.54) is 12.8 Å². The van der Waals surface area contributed by atoms with Crippen LogP contribution < -0.4 is 5.73 Å². The third-order valence-corrected chi connectivity index (χ3v) is 3.45. The van der Waals surface area contributed by atoms with Gasteiger partial charge in [0, 0.05) is 13.2 Å². The van der Waals surface area contributed by atoms with Gasteiger partial charge in [0.05, 0.1) is 5.92 Å². The van der Waals surface area contributed by atoms with E-state index in [0.29, 0.717) is 17.6 Å². The number of rotatable bonds is 4. The Hall–Kier alpha value is -1.20. The number of hydrogen-bond donors (Lipinski definition) is 1. The minimum atomic E-state index is -0.00782. The molecule has 0 aliphatic heterocycles. The molecule has 0 spiro atoms. The summed E-state index contributed by atoms with van der Waals surface area (Å²) in [6.07, 6.45) is 7.26. The summed E-state index contributed by atoms with van der Waals surface area (Å²) in [7, 11) is 1.70. The smallest absolute Gasteiger partial charge is 0.233 e. The zero-order chi connectivity index (χ0) is 11.8. The van der Waals surface area contributed by atoms with Crippen LogP contribution in [0.3, 0.4) is 0 Å². The van der Waals surface area contributed by atoms with Gasteiger partial charge < -0.3 is 15.0 Å². The van der Waals surface area contributed by atoms with Gasteiger partial charge in [-0.15, -0.1) is 0 Å². The van der Waals surface area contributed by atoms with Gasteiger partial charge in [-0.3, -0.25) is 0 Å². The highest BCUT2D eigenvalue weighted by molar-refractivity contribution is 5.15. The van der Waals surface area contributed by atoms with E-state index >= 15 is 0 Å². The number of ether oxygens (including phenoxy) is 1. The molecule has 2 aliphatic carbocycles. The summed E-state index contributed by atoms with van der Waals surface area (Å²) in [6.45, 7) is 0. The molecule has 3 rings (SSSR count). The van der Waals surface area contributed by atoms with Gasteiger partial charge >= 0.3 is 0 Å². The van der Waals surface area contributed by atoms with Gasteiger partial charge in [-0.25, -0.2) is 0 Å². The molecule has 2 aliphatic rings. The van der Waals surface area contributed by atoms with E-state index in [4.69, 9.17) is 15.0 Å². The lowest BCUT2D eigenvalue weighted by molar-refractivity contribution is 0.0751. The van der Waals surface area contributed by atoms with Crippen LogP contribution in [0.25, 0.3) is 0 Å². The Kier molecular flexibility index (Phi) is 2.72. The normalized spacial score (nSPS) is 29.8. The molecule has 17 heavy (non-hydrogen) atoms. The van der Waals surface area contributed by atoms with Crippen LogP contribution in [0.4, 0.5) is 0 Å². The van der Waals surface area contributed by atoms with Crippen LogP contribution in [0, 0.1) is 5.92 Å². The molecule has 1 heterocycles. The first-order chi connectivity index (χ1) is 8.28. The molecular formula is C12H17N3O2. The molecule has 0 aromatic carbocycles. The summed E-state index contributed by atoms with van der Waals surface area (Å²) < 4.78 is 10.7. The van der Waals surface area contributed by atoms with Crippen molar-refractivity contribution in [2.75, 3.05) is 7.11 Å². The molecule has 0 radical (unpaired) electrons. The summed E-state index contributed by atoms with van der Waals surface area (Å²) in [6, 6.07) is 0.108. The van der Waals surface area contributed by atoms with Crippen molar-refractivity contribution >= 4 is 0 Å². The number of aromatic nitrogens is 2. The molecule has 0 amide bonds. The highest BCUT2D eigenvalue weighted by atomic mass is 16.5. The molecule has 1 fully saturated rings. The Morgan fingerprint density at radius 2 is 2.29 bits per heavy atom. The molecule has 0 bridgehead atoms. The molecule has 1 saturated carbocycles. The molecule has 5 nitrogen and oxygen atoms in total. The second kappa shape index (κ2) is 4.23. The number of methoxy groups -OCH3 is 1. The average molecular weight is 235 g/mol. The maximum absolute atomic E-state index is 5.81. The standard InChI is InChI=1S/C12H17N3O2/c1-16-10(7-2-3-7)11-14-12(17-15-11)8-4-5-9(13)6-8/h4-5,7-10H,2-3,6,13H2,1H3. The second-order valence-electron chi connectivity index (χ2n) is 4.88. The molecule has 3 atom stereocenters. The minimum absolute atomic E-state index is 0.00782. The van der Waals surface area contributed by atoms with Crippen molar-refractivity contribution in [3.05, 3.63) is 23.9 Å². The van der Waals surface area contributed by atoms with Gasteiger partial charge in [-0.05, 0) is 25.2 Å². The predicted octanol–water partition coefficient (Wildman–Crippen LogP) is 1.54. The van der Waals surface area contributed by atoms with E-state index in [-0.39, 0.29) is 18.1 Å². The second-order valence-corrected chi connectivity index (χ2v) is 4.88. The molecule has 92 valence electrons. The third-order valence-electron chi connectivity index (χ3n) is 3.45. The third kappa shape index (κ3) is 2.12. The molecule has 1 aromatic rings. The van der Waals surface area contributed by atoms with Crippen LogP contribution in [0.5, 0.6) is 0 Å². The molecule has 3 unspecified atom stereocenters. The van der Waals surface area contributed by atoms with Crippen molar-refractivity contribution in [1.29, 1.82) is 0 Å². The van der Waals surface area contributed by atoms with Crippen molar-refractivity contribution in [1.82, 2.24) is 10.1 Å². The number of allylic oxidation sites excluding steroid dienone is 1. The Balaban J connectivity index is 1.75. The number of nitrogens with two attached hydrogens (primary N) is 1. The first-order valence-electron chi connectivity index (χ1n) is 6.08. The SMILES string of the molecule is COC(c1noc(C2C=CC(N)C2)n1)C1CC1. The monoisotopic (exact) mass is 235 g/mol. The number of nitrogens with zero attached hydrogens (tertiary/aromatic N) is 2. The van der Waals surface area contributed by atoms with Crippen molar-refractivity contribution in [3.63, 3.8) is 0 Å². The first-order valence-corrected chi connectivity index (χ1v) is 6.08. The van der Waals surface area contributed by atoms with E-state index in [1.807, 2.05) is 12.2 Å². The van der Waals surface area contributed by atoms with Gasteiger partial charge in [0.15, 0.2) is 0 Å². The van der Waals surface area contributed by atoms with Crippen molar-refractivity contribution in [3.8, 4) is 0 Å².